The van der Waals surface area contributed by atoms with Gasteiger partial charge in [0.05, 0.1) is 25.5 Å². The van der Waals surface area contributed by atoms with Crippen molar-refractivity contribution in [1.82, 2.24) is 25.0 Å². The summed E-state index contributed by atoms with van der Waals surface area (Å²) >= 11 is 0. The van der Waals surface area contributed by atoms with E-state index in [1.54, 1.807) is 33.2 Å². The predicted octanol–water partition coefficient (Wildman–Crippen LogP) is 1.90. The Morgan fingerprint density at radius 2 is 1.79 bits per heavy atom. The molecule has 2 rings (SSSR count). The van der Waals surface area contributed by atoms with Crippen LogP contribution in [0.25, 0.3) is 0 Å². The molecule has 2 aromatic rings. The first-order chi connectivity index (χ1) is 15.7. The summed E-state index contributed by atoms with van der Waals surface area (Å²) in [4.78, 5) is 28.7. The van der Waals surface area contributed by atoms with Crippen molar-refractivity contribution >= 4 is 25.4 Å². The van der Waals surface area contributed by atoms with Crippen molar-refractivity contribution in [2.75, 3.05) is 18.9 Å². The number of halogens is 3. The number of aromatic nitrogens is 5. The molecule has 0 bridgehead atoms. The third-order valence-corrected chi connectivity index (χ3v) is 6.27. The average molecular weight is 512 g/mol. The number of nitrogen functional groups attached to an aromatic ring is 1. The quantitative estimate of drug-likeness (QED) is 0.392. The lowest BCUT2D eigenvalue weighted by Gasteiger charge is -2.22. The first-order valence-corrected chi connectivity index (χ1v) is 11.2. The molecule has 17 heteroatoms. The van der Waals surface area contributed by atoms with Crippen molar-refractivity contribution in [3.63, 3.8) is 0 Å². The second kappa shape index (κ2) is 12.4. The molecule has 0 aliphatic rings. The molecule has 0 aromatic carbocycles. The van der Waals surface area contributed by atoms with Crippen molar-refractivity contribution in [1.29, 1.82) is 0 Å². The van der Waals surface area contributed by atoms with Crippen LogP contribution in [0, 0.1) is 6.92 Å². The molecule has 13 nitrogen and oxygen atoms in total. The van der Waals surface area contributed by atoms with Crippen molar-refractivity contribution in [2.45, 2.75) is 45.6 Å². The second-order valence-corrected chi connectivity index (χ2v) is 8.69. The van der Waals surface area contributed by atoms with Gasteiger partial charge in [-0.3, -0.25) is 9.36 Å². The summed E-state index contributed by atoms with van der Waals surface area (Å²) in [7, 11) is -3.84. The molecule has 2 aromatic heterocycles. The lowest BCUT2D eigenvalue weighted by Crippen LogP contribution is -2.26. The maximum absolute atomic E-state index is 12.8. The van der Waals surface area contributed by atoms with Gasteiger partial charge in [-0.25, -0.2) is 19.4 Å². The number of carboxylic acid groups (broad SMARTS) is 2. The number of carbonyl (C=O) groups is 2. The van der Waals surface area contributed by atoms with E-state index in [1.807, 2.05) is 0 Å². The van der Waals surface area contributed by atoms with Gasteiger partial charge in [0.2, 0.25) is 0 Å². The molecular weight excluding hydrogens is 488 g/mol. The van der Waals surface area contributed by atoms with Gasteiger partial charge in [0.1, 0.15) is 11.6 Å². The van der Waals surface area contributed by atoms with E-state index in [0.29, 0.717) is 22.9 Å². The molecule has 0 fully saturated rings. The van der Waals surface area contributed by atoms with Crippen LogP contribution < -0.4 is 5.73 Å². The molecule has 0 saturated carbocycles. The Hall–Kier alpha value is -3.10. The standard InChI is InChI=1S/C15H23N6O5P.C2HF3O2/c1-4-25-27(24,26-5-2)13(15(22)23)6-12-9-21(20-19-12)8-11-7-17-10(3)18-14(11)16;3-2(4,5)1(6)7/h7,9,13H,4-6,8H2,1-3H3,(H,22,23)(H2,16,17,18);(H,6,7). The summed E-state index contributed by atoms with van der Waals surface area (Å²) in [6, 6.07) is 0. The molecule has 4 N–H and O–H groups in total. The van der Waals surface area contributed by atoms with Crippen molar-refractivity contribution in [2.24, 2.45) is 0 Å². The summed E-state index contributed by atoms with van der Waals surface area (Å²) in [6.45, 7) is 5.38. The first kappa shape index (κ1) is 28.9. The van der Waals surface area contributed by atoms with Gasteiger partial charge in [-0.05, 0) is 20.8 Å². The zero-order chi connectivity index (χ0) is 26.1. The number of anilines is 1. The van der Waals surface area contributed by atoms with Gasteiger partial charge >= 0.3 is 25.7 Å². The van der Waals surface area contributed by atoms with Crippen LogP contribution in [0.3, 0.4) is 0 Å². The van der Waals surface area contributed by atoms with Crippen LogP contribution in [0.4, 0.5) is 19.0 Å². The van der Waals surface area contributed by atoms with E-state index in [2.05, 4.69) is 20.3 Å². The van der Waals surface area contributed by atoms with Gasteiger partial charge in [-0.2, -0.15) is 13.2 Å². The molecule has 190 valence electrons. The van der Waals surface area contributed by atoms with E-state index in [1.165, 1.54) is 4.68 Å². The maximum atomic E-state index is 12.8. The molecular formula is C17H24F3N6O7P. The summed E-state index contributed by atoms with van der Waals surface area (Å²) in [5.41, 5.74) is 5.48. The van der Waals surface area contributed by atoms with Gasteiger partial charge in [0.15, 0.2) is 5.66 Å². The topological polar surface area (TPSA) is 193 Å². The predicted molar refractivity (Wildman–Crippen MR) is 110 cm³/mol. The molecule has 34 heavy (non-hydrogen) atoms. The molecule has 2 heterocycles. The van der Waals surface area contributed by atoms with Gasteiger partial charge in [0, 0.05) is 24.4 Å². The summed E-state index contributed by atoms with van der Waals surface area (Å²) in [5.74, 6) is -3.15. The van der Waals surface area contributed by atoms with Crippen LogP contribution in [-0.2, 0) is 36.2 Å². The Kier molecular flexibility index (Phi) is 10.5. The zero-order valence-corrected chi connectivity index (χ0v) is 19.3. The van der Waals surface area contributed by atoms with Crippen LogP contribution in [0.1, 0.15) is 30.9 Å². The maximum Gasteiger partial charge on any atom is 0.490 e. The van der Waals surface area contributed by atoms with Crippen LogP contribution in [0.5, 0.6) is 0 Å². The molecule has 0 saturated heterocycles. The van der Waals surface area contributed by atoms with Gasteiger partial charge < -0.3 is 25.0 Å². The van der Waals surface area contributed by atoms with Gasteiger partial charge in [0.25, 0.3) is 0 Å². The Bertz CT molecular complexity index is 1020. The smallest absolute Gasteiger partial charge is 0.481 e. The van der Waals surface area contributed by atoms with Gasteiger partial charge in [-0.1, -0.05) is 5.21 Å². The molecule has 0 aliphatic carbocycles. The number of nitrogens with zero attached hydrogens (tertiary/aromatic N) is 5. The minimum atomic E-state index is -5.08. The second-order valence-electron chi connectivity index (χ2n) is 6.47. The summed E-state index contributed by atoms with van der Waals surface area (Å²) in [5, 5.41) is 24.5. The Labute approximate surface area is 191 Å². The molecule has 1 unspecified atom stereocenters. The fourth-order valence-corrected chi connectivity index (χ4v) is 4.26. The Morgan fingerprint density at radius 3 is 2.24 bits per heavy atom. The highest BCUT2D eigenvalue weighted by Crippen LogP contribution is 2.54. The number of hydrogen-bond acceptors (Lipinski definition) is 10. The highest BCUT2D eigenvalue weighted by molar-refractivity contribution is 7.55. The monoisotopic (exact) mass is 512 g/mol. The summed E-state index contributed by atoms with van der Waals surface area (Å²) in [6.07, 6.45) is -2.08. The van der Waals surface area contributed by atoms with Crippen LogP contribution in [0.2, 0.25) is 0 Å². The SMILES string of the molecule is CCOP(=O)(OCC)C(Cc1cn(Cc2cnc(C)nc2N)nn1)C(=O)O.O=C(O)C(F)(F)F. The molecule has 0 aliphatic heterocycles. The van der Waals surface area contributed by atoms with E-state index < -0.39 is 31.4 Å². The molecule has 0 spiro atoms. The number of carboxylic acids is 2. The summed E-state index contributed by atoms with van der Waals surface area (Å²) < 4.78 is 56.4. The Morgan fingerprint density at radius 1 is 1.24 bits per heavy atom. The average Bonchev–Trinajstić information content (AvgIpc) is 3.15. The van der Waals surface area contributed by atoms with E-state index >= 15 is 0 Å². The van der Waals surface area contributed by atoms with Crippen LogP contribution in [0.15, 0.2) is 12.4 Å². The van der Waals surface area contributed by atoms with E-state index in [4.69, 9.17) is 24.7 Å². The third-order valence-electron chi connectivity index (χ3n) is 3.87. The third kappa shape index (κ3) is 8.68. The van der Waals surface area contributed by atoms with E-state index in [-0.39, 0.29) is 26.2 Å². The van der Waals surface area contributed by atoms with Gasteiger partial charge in [-0.15, -0.1) is 5.10 Å². The van der Waals surface area contributed by atoms with E-state index in [9.17, 15) is 27.6 Å². The number of alkyl halides is 3. The number of nitrogens with two attached hydrogens (primary N) is 1. The minimum Gasteiger partial charge on any atom is -0.481 e. The van der Waals surface area contributed by atoms with Crippen molar-refractivity contribution < 1.29 is 46.6 Å². The van der Waals surface area contributed by atoms with Crippen LogP contribution in [-0.4, -0.2) is 72.2 Å². The fraction of sp³-hybridized carbons (Fsp3) is 0.529. The molecule has 0 amide bonds. The fourth-order valence-electron chi connectivity index (χ4n) is 2.43. The van der Waals surface area contributed by atoms with Crippen molar-refractivity contribution in [3.8, 4) is 0 Å². The number of aryl methyl sites for hydroxylation is 1. The highest BCUT2D eigenvalue weighted by Gasteiger charge is 2.42. The van der Waals surface area contributed by atoms with Crippen LogP contribution >= 0.6 is 7.60 Å². The normalized spacial score (nSPS) is 12.5. The van der Waals surface area contributed by atoms with Crippen molar-refractivity contribution in [3.05, 3.63) is 29.5 Å². The zero-order valence-electron chi connectivity index (χ0n) is 18.4. The lowest BCUT2D eigenvalue weighted by atomic mass is 10.2. The number of hydrogen-bond donors (Lipinski definition) is 3. The minimum absolute atomic E-state index is 0.0699. The first-order valence-electron chi connectivity index (χ1n) is 9.62. The lowest BCUT2D eigenvalue weighted by molar-refractivity contribution is -0.192. The number of rotatable bonds is 10. The highest BCUT2D eigenvalue weighted by atomic mass is 31.2. The van der Waals surface area contributed by atoms with E-state index in [0.717, 1.165) is 0 Å². The molecule has 1 atom stereocenters. The number of aliphatic carboxylic acids is 2. The molecule has 0 radical (unpaired) electrons. The largest absolute Gasteiger partial charge is 0.490 e. The Balaban J connectivity index is 0.000000718.